The van der Waals surface area contributed by atoms with Crippen molar-refractivity contribution in [2.75, 3.05) is 13.1 Å². The SMILES string of the molecule is CCNCCCc1nnc(C2(C)CCCC2)s1. The number of hydrogen-bond donors (Lipinski definition) is 1. The van der Waals surface area contributed by atoms with Crippen LogP contribution in [0, 0.1) is 0 Å². The summed E-state index contributed by atoms with van der Waals surface area (Å²) in [7, 11) is 0. The van der Waals surface area contributed by atoms with Crippen molar-refractivity contribution in [1.82, 2.24) is 15.5 Å². The molecular formula is C13H23N3S. The molecule has 0 saturated heterocycles. The van der Waals surface area contributed by atoms with Crippen LogP contribution in [0.3, 0.4) is 0 Å². The zero-order valence-electron chi connectivity index (χ0n) is 11.0. The highest BCUT2D eigenvalue weighted by molar-refractivity contribution is 7.11. The molecule has 0 amide bonds. The molecule has 4 heteroatoms. The molecule has 0 radical (unpaired) electrons. The first-order valence-electron chi connectivity index (χ1n) is 6.78. The van der Waals surface area contributed by atoms with Crippen LogP contribution in [0.1, 0.15) is 56.0 Å². The summed E-state index contributed by atoms with van der Waals surface area (Å²) < 4.78 is 0. The Morgan fingerprint density at radius 1 is 1.29 bits per heavy atom. The van der Waals surface area contributed by atoms with E-state index in [9.17, 15) is 0 Å². The van der Waals surface area contributed by atoms with E-state index < -0.39 is 0 Å². The maximum absolute atomic E-state index is 4.42. The molecule has 17 heavy (non-hydrogen) atoms. The van der Waals surface area contributed by atoms with E-state index in [1.165, 1.54) is 42.1 Å². The van der Waals surface area contributed by atoms with E-state index in [0.29, 0.717) is 5.41 Å². The highest BCUT2D eigenvalue weighted by Gasteiger charge is 2.33. The van der Waals surface area contributed by atoms with E-state index in [4.69, 9.17) is 0 Å². The van der Waals surface area contributed by atoms with Gasteiger partial charge in [0.15, 0.2) is 0 Å². The van der Waals surface area contributed by atoms with Gasteiger partial charge in [-0.15, -0.1) is 21.5 Å². The van der Waals surface area contributed by atoms with Crippen LogP contribution >= 0.6 is 11.3 Å². The summed E-state index contributed by atoms with van der Waals surface area (Å²) in [6, 6.07) is 0. The molecule has 1 aromatic heterocycles. The summed E-state index contributed by atoms with van der Waals surface area (Å²) in [6.07, 6.45) is 7.52. The first-order valence-corrected chi connectivity index (χ1v) is 7.60. The first kappa shape index (κ1) is 13.0. The zero-order chi connectivity index (χ0) is 12.1. The second-order valence-electron chi connectivity index (χ2n) is 5.23. The summed E-state index contributed by atoms with van der Waals surface area (Å²) in [5.41, 5.74) is 0.331. The number of nitrogens with zero attached hydrogens (tertiary/aromatic N) is 2. The third-order valence-corrected chi connectivity index (χ3v) is 4.97. The van der Waals surface area contributed by atoms with Gasteiger partial charge in [-0.25, -0.2) is 0 Å². The average Bonchev–Trinajstić information content (AvgIpc) is 2.94. The molecule has 0 unspecified atom stereocenters. The number of nitrogens with one attached hydrogen (secondary N) is 1. The van der Waals surface area contributed by atoms with Crippen molar-refractivity contribution >= 4 is 11.3 Å². The average molecular weight is 253 g/mol. The van der Waals surface area contributed by atoms with Gasteiger partial charge in [-0.3, -0.25) is 0 Å². The maximum atomic E-state index is 4.42. The van der Waals surface area contributed by atoms with Crippen LogP contribution in [0.25, 0.3) is 0 Å². The van der Waals surface area contributed by atoms with Crippen LogP contribution in [0.4, 0.5) is 0 Å². The molecule has 1 aromatic rings. The van der Waals surface area contributed by atoms with Gasteiger partial charge in [-0.05, 0) is 32.4 Å². The molecular weight excluding hydrogens is 230 g/mol. The summed E-state index contributed by atoms with van der Waals surface area (Å²) in [5, 5.41) is 14.6. The summed E-state index contributed by atoms with van der Waals surface area (Å²) >= 11 is 1.84. The van der Waals surface area contributed by atoms with Crippen molar-refractivity contribution in [3.8, 4) is 0 Å². The van der Waals surface area contributed by atoms with Gasteiger partial charge in [0.1, 0.15) is 10.0 Å². The number of aryl methyl sites for hydroxylation is 1. The molecule has 0 aromatic carbocycles. The van der Waals surface area contributed by atoms with Crippen LogP contribution < -0.4 is 5.32 Å². The number of aromatic nitrogens is 2. The summed E-state index contributed by atoms with van der Waals surface area (Å²) in [5.74, 6) is 0. The van der Waals surface area contributed by atoms with Gasteiger partial charge < -0.3 is 5.32 Å². The Morgan fingerprint density at radius 3 is 2.76 bits per heavy atom. The minimum absolute atomic E-state index is 0.331. The van der Waals surface area contributed by atoms with E-state index in [1.54, 1.807) is 0 Å². The second kappa shape index (κ2) is 5.91. The van der Waals surface area contributed by atoms with Gasteiger partial charge >= 0.3 is 0 Å². The lowest BCUT2D eigenvalue weighted by atomic mass is 9.90. The highest BCUT2D eigenvalue weighted by atomic mass is 32.1. The number of hydrogen-bond acceptors (Lipinski definition) is 4. The van der Waals surface area contributed by atoms with Crippen LogP contribution in [-0.2, 0) is 11.8 Å². The molecule has 1 aliphatic carbocycles. The largest absolute Gasteiger partial charge is 0.317 e. The lowest BCUT2D eigenvalue weighted by molar-refractivity contribution is 0.484. The number of rotatable bonds is 6. The second-order valence-corrected chi connectivity index (χ2v) is 6.29. The van der Waals surface area contributed by atoms with E-state index in [1.807, 2.05) is 11.3 Å². The van der Waals surface area contributed by atoms with Crippen LogP contribution in [-0.4, -0.2) is 23.3 Å². The normalized spacial score (nSPS) is 18.7. The van der Waals surface area contributed by atoms with Gasteiger partial charge in [0.2, 0.25) is 0 Å². The van der Waals surface area contributed by atoms with Gasteiger partial charge in [-0.2, -0.15) is 0 Å². The fraction of sp³-hybridized carbons (Fsp3) is 0.846. The molecule has 0 spiro atoms. The third kappa shape index (κ3) is 3.26. The summed E-state index contributed by atoms with van der Waals surface area (Å²) in [4.78, 5) is 0. The Labute approximate surface area is 108 Å². The van der Waals surface area contributed by atoms with Gasteiger partial charge in [0.05, 0.1) is 0 Å². The van der Waals surface area contributed by atoms with Crippen molar-refractivity contribution in [2.24, 2.45) is 0 Å². The Balaban J connectivity index is 1.87. The molecule has 2 rings (SSSR count). The van der Waals surface area contributed by atoms with E-state index >= 15 is 0 Å². The van der Waals surface area contributed by atoms with Crippen molar-refractivity contribution in [2.45, 2.75) is 57.8 Å². The van der Waals surface area contributed by atoms with Crippen LogP contribution in [0.15, 0.2) is 0 Å². The fourth-order valence-electron chi connectivity index (χ4n) is 2.51. The van der Waals surface area contributed by atoms with E-state index in [-0.39, 0.29) is 0 Å². The van der Waals surface area contributed by atoms with Gasteiger partial charge in [-0.1, -0.05) is 26.7 Å². The molecule has 0 bridgehead atoms. The Hall–Kier alpha value is -0.480. The Kier molecular flexibility index (Phi) is 4.51. The predicted molar refractivity (Wildman–Crippen MR) is 72.6 cm³/mol. The lowest BCUT2D eigenvalue weighted by Crippen LogP contribution is -2.16. The lowest BCUT2D eigenvalue weighted by Gasteiger charge is -2.18. The molecule has 3 nitrogen and oxygen atoms in total. The molecule has 1 saturated carbocycles. The van der Waals surface area contributed by atoms with Crippen molar-refractivity contribution in [3.05, 3.63) is 10.0 Å². The molecule has 0 aliphatic heterocycles. The van der Waals surface area contributed by atoms with E-state index in [2.05, 4.69) is 29.4 Å². The fourth-order valence-corrected chi connectivity index (χ4v) is 3.59. The zero-order valence-corrected chi connectivity index (χ0v) is 11.8. The molecule has 1 heterocycles. The minimum Gasteiger partial charge on any atom is -0.317 e. The first-order chi connectivity index (χ1) is 8.24. The van der Waals surface area contributed by atoms with Crippen LogP contribution in [0.5, 0.6) is 0 Å². The molecule has 96 valence electrons. The topological polar surface area (TPSA) is 37.8 Å². The third-order valence-electron chi connectivity index (χ3n) is 3.68. The smallest absolute Gasteiger partial charge is 0.123 e. The Bertz CT molecular complexity index is 342. The van der Waals surface area contributed by atoms with Gasteiger partial charge in [0, 0.05) is 11.8 Å². The molecule has 1 aliphatic rings. The van der Waals surface area contributed by atoms with Crippen molar-refractivity contribution in [3.63, 3.8) is 0 Å². The monoisotopic (exact) mass is 253 g/mol. The maximum Gasteiger partial charge on any atom is 0.123 e. The molecule has 1 fully saturated rings. The molecule has 0 atom stereocenters. The van der Waals surface area contributed by atoms with Crippen molar-refractivity contribution in [1.29, 1.82) is 0 Å². The predicted octanol–water partition coefficient (Wildman–Crippen LogP) is 2.91. The van der Waals surface area contributed by atoms with Gasteiger partial charge in [0.25, 0.3) is 0 Å². The van der Waals surface area contributed by atoms with Crippen LogP contribution in [0.2, 0.25) is 0 Å². The highest BCUT2D eigenvalue weighted by Crippen LogP contribution is 2.41. The van der Waals surface area contributed by atoms with Crippen molar-refractivity contribution < 1.29 is 0 Å². The quantitative estimate of drug-likeness (QED) is 0.792. The van der Waals surface area contributed by atoms with E-state index in [0.717, 1.165) is 19.5 Å². The summed E-state index contributed by atoms with van der Waals surface area (Å²) in [6.45, 7) is 6.63. The standard InChI is InChI=1S/C13H23N3S/c1-3-14-10-6-7-11-15-16-12(17-11)13(2)8-4-5-9-13/h14H,3-10H2,1-2H3. The Morgan fingerprint density at radius 2 is 2.06 bits per heavy atom. The minimum atomic E-state index is 0.331. The molecule has 1 N–H and O–H groups in total.